The predicted octanol–water partition coefficient (Wildman–Crippen LogP) is 2.27. The Kier molecular flexibility index (Phi) is 5.68. The zero-order valence-electron chi connectivity index (χ0n) is 10.1. The third kappa shape index (κ3) is 4.70. The van der Waals surface area contributed by atoms with Crippen LogP contribution in [0.3, 0.4) is 0 Å². The van der Waals surface area contributed by atoms with Crippen LogP contribution in [0.5, 0.6) is 0 Å². The van der Waals surface area contributed by atoms with Gasteiger partial charge in [0.1, 0.15) is 0 Å². The zero-order valence-corrected chi connectivity index (χ0v) is 12.5. The van der Waals surface area contributed by atoms with Crippen LogP contribution in [-0.2, 0) is 14.3 Å². The maximum Gasteiger partial charge on any atom is 0.317 e. The molecule has 0 aliphatic carbocycles. The molecule has 0 fully saturated rings. The summed E-state index contributed by atoms with van der Waals surface area (Å²) in [5.74, 6) is -0.943. The highest BCUT2D eigenvalue weighted by Gasteiger charge is 2.14. The number of hydrogen-bond donors (Lipinski definition) is 1. The SMILES string of the molecule is Cc1cc(Br)ccc1SCC(=O)O[C@@H](C)C(N)=O. The van der Waals surface area contributed by atoms with E-state index in [1.54, 1.807) is 0 Å². The molecule has 1 aromatic carbocycles. The van der Waals surface area contributed by atoms with Crippen LogP contribution < -0.4 is 5.73 Å². The molecule has 4 nitrogen and oxygen atoms in total. The molecular weight excluding hydrogens is 318 g/mol. The second-order valence-corrected chi connectivity index (χ2v) is 5.67. The maximum atomic E-state index is 11.4. The van der Waals surface area contributed by atoms with Crippen molar-refractivity contribution in [1.82, 2.24) is 0 Å². The van der Waals surface area contributed by atoms with Gasteiger partial charge in [0.05, 0.1) is 5.75 Å². The van der Waals surface area contributed by atoms with Gasteiger partial charge >= 0.3 is 5.97 Å². The first-order chi connectivity index (χ1) is 8.40. The van der Waals surface area contributed by atoms with E-state index in [-0.39, 0.29) is 5.75 Å². The van der Waals surface area contributed by atoms with Crippen LogP contribution in [-0.4, -0.2) is 23.7 Å². The molecule has 2 N–H and O–H groups in total. The van der Waals surface area contributed by atoms with E-state index in [4.69, 9.17) is 10.5 Å². The third-order valence-corrected chi connectivity index (χ3v) is 3.83. The number of esters is 1. The molecule has 0 radical (unpaired) electrons. The van der Waals surface area contributed by atoms with Gasteiger partial charge in [-0.3, -0.25) is 9.59 Å². The van der Waals surface area contributed by atoms with Crippen molar-refractivity contribution < 1.29 is 14.3 Å². The summed E-state index contributed by atoms with van der Waals surface area (Å²) < 4.78 is 5.85. The predicted molar refractivity (Wildman–Crippen MR) is 74.4 cm³/mol. The summed E-state index contributed by atoms with van der Waals surface area (Å²) in [6.07, 6.45) is -0.885. The molecule has 0 saturated carbocycles. The molecule has 18 heavy (non-hydrogen) atoms. The minimum absolute atomic E-state index is 0.153. The number of hydrogen-bond acceptors (Lipinski definition) is 4. The van der Waals surface area contributed by atoms with Gasteiger partial charge < -0.3 is 10.5 Å². The van der Waals surface area contributed by atoms with Crippen molar-refractivity contribution in [2.75, 3.05) is 5.75 Å². The average Bonchev–Trinajstić information content (AvgIpc) is 2.27. The van der Waals surface area contributed by atoms with Gasteiger partial charge in [0.15, 0.2) is 6.10 Å². The van der Waals surface area contributed by atoms with E-state index in [9.17, 15) is 9.59 Å². The van der Waals surface area contributed by atoms with Crippen LogP contribution in [0, 0.1) is 6.92 Å². The summed E-state index contributed by atoms with van der Waals surface area (Å²) in [5.41, 5.74) is 6.08. The summed E-state index contributed by atoms with van der Waals surface area (Å²) in [6.45, 7) is 3.42. The van der Waals surface area contributed by atoms with Gasteiger partial charge in [-0.15, -0.1) is 11.8 Å². The van der Waals surface area contributed by atoms with Crippen molar-refractivity contribution in [2.24, 2.45) is 5.73 Å². The molecule has 0 aliphatic heterocycles. The van der Waals surface area contributed by atoms with Crippen LogP contribution in [0.15, 0.2) is 27.6 Å². The van der Waals surface area contributed by atoms with Crippen molar-refractivity contribution in [1.29, 1.82) is 0 Å². The van der Waals surface area contributed by atoms with E-state index in [1.807, 2.05) is 25.1 Å². The van der Waals surface area contributed by atoms with Gasteiger partial charge in [0, 0.05) is 9.37 Å². The van der Waals surface area contributed by atoms with E-state index in [1.165, 1.54) is 18.7 Å². The Morgan fingerprint density at radius 1 is 1.50 bits per heavy atom. The van der Waals surface area contributed by atoms with Crippen LogP contribution in [0.25, 0.3) is 0 Å². The smallest absolute Gasteiger partial charge is 0.317 e. The molecular formula is C12H14BrNO3S. The monoisotopic (exact) mass is 331 g/mol. The number of carbonyl (C=O) groups excluding carboxylic acids is 2. The van der Waals surface area contributed by atoms with Crippen molar-refractivity contribution >= 4 is 39.6 Å². The zero-order chi connectivity index (χ0) is 13.7. The Morgan fingerprint density at radius 3 is 2.72 bits per heavy atom. The lowest BCUT2D eigenvalue weighted by atomic mass is 10.2. The molecule has 1 amide bonds. The Balaban J connectivity index is 2.50. The van der Waals surface area contributed by atoms with Gasteiger partial charge in [-0.2, -0.15) is 0 Å². The number of amides is 1. The molecule has 0 heterocycles. The summed E-state index contributed by atoms with van der Waals surface area (Å²) in [5, 5.41) is 0. The number of halogens is 1. The van der Waals surface area contributed by atoms with E-state index in [0.29, 0.717) is 0 Å². The topological polar surface area (TPSA) is 69.4 Å². The first-order valence-corrected chi connectivity index (χ1v) is 7.05. The fraction of sp³-hybridized carbons (Fsp3) is 0.333. The largest absolute Gasteiger partial charge is 0.452 e. The highest BCUT2D eigenvalue weighted by molar-refractivity contribution is 9.10. The normalized spacial score (nSPS) is 11.9. The standard InChI is InChI=1S/C12H14BrNO3S/c1-7-5-9(13)3-4-10(7)18-6-11(15)17-8(2)12(14)16/h3-5,8H,6H2,1-2H3,(H2,14,16)/t8-/m0/s1. The summed E-state index contributed by atoms with van der Waals surface area (Å²) >= 11 is 4.74. The molecule has 1 rings (SSSR count). The van der Waals surface area contributed by atoms with Gasteiger partial charge in [-0.05, 0) is 37.6 Å². The van der Waals surface area contributed by atoms with Crippen LogP contribution in [0.1, 0.15) is 12.5 Å². The lowest BCUT2D eigenvalue weighted by Crippen LogP contribution is -2.31. The molecule has 0 aliphatic rings. The second kappa shape index (κ2) is 6.80. The number of nitrogens with two attached hydrogens (primary N) is 1. The first kappa shape index (κ1) is 15.0. The average molecular weight is 332 g/mol. The minimum Gasteiger partial charge on any atom is -0.452 e. The number of rotatable bonds is 5. The molecule has 0 unspecified atom stereocenters. The third-order valence-electron chi connectivity index (χ3n) is 2.19. The Hall–Kier alpha value is -1.01. The van der Waals surface area contributed by atoms with Crippen molar-refractivity contribution in [3.63, 3.8) is 0 Å². The summed E-state index contributed by atoms with van der Waals surface area (Å²) in [4.78, 5) is 23.2. The lowest BCUT2D eigenvalue weighted by molar-refractivity contribution is -0.151. The number of primary amides is 1. The van der Waals surface area contributed by atoms with Crippen molar-refractivity contribution in [3.8, 4) is 0 Å². The van der Waals surface area contributed by atoms with E-state index >= 15 is 0 Å². The molecule has 98 valence electrons. The number of aryl methyl sites for hydroxylation is 1. The summed E-state index contributed by atoms with van der Waals surface area (Å²) in [6, 6.07) is 5.81. The number of ether oxygens (including phenoxy) is 1. The van der Waals surface area contributed by atoms with Gasteiger partial charge in [0.2, 0.25) is 0 Å². The molecule has 0 aromatic heterocycles. The van der Waals surface area contributed by atoms with Crippen LogP contribution in [0.2, 0.25) is 0 Å². The van der Waals surface area contributed by atoms with E-state index in [0.717, 1.165) is 14.9 Å². The van der Waals surface area contributed by atoms with Gasteiger partial charge in [-0.1, -0.05) is 15.9 Å². The van der Waals surface area contributed by atoms with Crippen LogP contribution in [0.4, 0.5) is 0 Å². The van der Waals surface area contributed by atoms with E-state index < -0.39 is 18.0 Å². The Labute approximate surface area is 118 Å². The Morgan fingerprint density at radius 2 is 2.17 bits per heavy atom. The fourth-order valence-corrected chi connectivity index (χ4v) is 2.47. The second-order valence-electron chi connectivity index (χ2n) is 3.73. The molecule has 0 bridgehead atoms. The maximum absolute atomic E-state index is 11.4. The van der Waals surface area contributed by atoms with Gasteiger partial charge in [0.25, 0.3) is 5.91 Å². The summed E-state index contributed by atoms with van der Waals surface area (Å²) in [7, 11) is 0. The number of benzene rings is 1. The molecule has 6 heteroatoms. The van der Waals surface area contributed by atoms with Crippen molar-refractivity contribution in [2.45, 2.75) is 24.8 Å². The molecule has 0 saturated heterocycles. The van der Waals surface area contributed by atoms with Gasteiger partial charge in [-0.25, -0.2) is 0 Å². The molecule has 0 spiro atoms. The molecule has 1 aromatic rings. The van der Waals surface area contributed by atoms with Crippen molar-refractivity contribution in [3.05, 3.63) is 28.2 Å². The van der Waals surface area contributed by atoms with E-state index in [2.05, 4.69) is 15.9 Å². The highest BCUT2D eigenvalue weighted by Crippen LogP contribution is 2.25. The highest BCUT2D eigenvalue weighted by atomic mass is 79.9. The minimum atomic E-state index is -0.885. The van der Waals surface area contributed by atoms with Crippen LogP contribution >= 0.6 is 27.7 Å². The first-order valence-electron chi connectivity index (χ1n) is 5.28. The number of carbonyl (C=O) groups is 2. The quantitative estimate of drug-likeness (QED) is 0.663. The number of thioether (sulfide) groups is 1. The molecule has 1 atom stereocenters. The Bertz CT molecular complexity index is 465. The lowest BCUT2D eigenvalue weighted by Gasteiger charge is -2.10. The fourth-order valence-electron chi connectivity index (χ4n) is 1.20.